The van der Waals surface area contributed by atoms with Crippen LogP contribution in [0.5, 0.6) is 5.75 Å². The fraction of sp³-hybridized carbons (Fsp3) is 0.263. The lowest BCUT2D eigenvalue weighted by atomic mass is 10.1. The summed E-state index contributed by atoms with van der Waals surface area (Å²) in [6.07, 6.45) is 0.378. The number of urea groups is 1. The standard InChI is InChI=1S/C19H20FN3O3/c1-26-17-8-6-16(7-9-17)23-12-13(10-18(23)24)11-21-19(25)22-15-4-2-14(20)3-5-15/h2-9,13H,10-12H2,1H3,(H2,21,22,25)/t13-/m1/s1. The second kappa shape index (κ2) is 7.86. The van der Waals surface area contributed by atoms with Crippen LogP contribution < -0.4 is 20.3 Å². The Labute approximate surface area is 150 Å². The van der Waals surface area contributed by atoms with Gasteiger partial charge in [0, 0.05) is 36.8 Å². The Hall–Kier alpha value is -3.09. The Morgan fingerprint density at radius 2 is 1.88 bits per heavy atom. The Balaban J connectivity index is 1.50. The number of nitrogens with zero attached hydrogens (tertiary/aromatic N) is 1. The van der Waals surface area contributed by atoms with Crippen molar-refractivity contribution in [3.05, 3.63) is 54.3 Å². The molecular weight excluding hydrogens is 337 g/mol. The molecule has 0 radical (unpaired) electrons. The lowest BCUT2D eigenvalue weighted by molar-refractivity contribution is -0.117. The number of halogens is 1. The summed E-state index contributed by atoms with van der Waals surface area (Å²) >= 11 is 0. The highest BCUT2D eigenvalue weighted by Gasteiger charge is 2.30. The summed E-state index contributed by atoms with van der Waals surface area (Å²) in [5.41, 5.74) is 1.32. The van der Waals surface area contributed by atoms with Crippen molar-refractivity contribution in [2.45, 2.75) is 6.42 Å². The van der Waals surface area contributed by atoms with E-state index >= 15 is 0 Å². The van der Waals surface area contributed by atoms with Gasteiger partial charge in [-0.25, -0.2) is 9.18 Å². The summed E-state index contributed by atoms with van der Waals surface area (Å²) in [6, 6.07) is 12.4. The van der Waals surface area contributed by atoms with Crippen LogP contribution in [-0.2, 0) is 4.79 Å². The van der Waals surface area contributed by atoms with Crippen LogP contribution in [-0.4, -0.2) is 32.1 Å². The molecule has 26 heavy (non-hydrogen) atoms. The molecule has 7 heteroatoms. The topological polar surface area (TPSA) is 70.7 Å². The third kappa shape index (κ3) is 4.30. The van der Waals surface area contributed by atoms with E-state index in [1.807, 2.05) is 24.3 Å². The molecule has 2 aromatic carbocycles. The van der Waals surface area contributed by atoms with E-state index in [0.29, 0.717) is 25.2 Å². The molecule has 0 spiro atoms. The Morgan fingerprint density at radius 3 is 2.54 bits per heavy atom. The van der Waals surface area contributed by atoms with Crippen LogP contribution in [0.4, 0.5) is 20.6 Å². The van der Waals surface area contributed by atoms with Crippen molar-refractivity contribution in [2.24, 2.45) is 5.92 Å². The quantitative estimate of drug-likeness (QED) is 0.864. The summed E-state index contributed by atoms with van der Waals surface area (Å²) in [7, 11) is 1.59. The highest BCUT2D eigenvalue weighted by atomic mass is 19.1. The van der Waals surface area contributed by atoms with E-state index in [0.717, 1.165) is 11.4 Å². The normalized spacial score (nSPS) is 16.5. The van der Waals surface area contributed by atoms with Crippen molar-refractivity contribution in [2.75, 3.05) is 30.4 Å². The molecule has 3 rings (SSSR count). The minimum Gasteiger partial charge on any atom is -0.497 e. The summed E-state index contributed by atoms with van der Waals surface area (Å²) < 4.78 is 18.0. The molecule has 1 heterocycles. The summed E-state index contributed by atoms with van der Waals surface area (Å²) in [4.78, 5) is 25.9. The maximum atomic E-state index is 12.9. The predicted octanol–water partition coefficient (Wildman–Crippen LogP) is 3.01. The van der Waals surface area contributed by atoms with E-state index in [4.69, 9.17) is 4.74 Å². The van der Waals surface area contributed by atoms with Crippen LogP contribution in [0.3, 0.4) is 0 Å². The molecule has 0 aliphatic carbocycles. The molecule has 0 saturated carbocycles. The molecule has 0 unspecified atom stereocenters. The van der Waals surface area contributed by atoms with Gasteiger partial charge < -0.3 is 20.3 Å². The van der Waals surface area contributed by atoms with Crippen molar-refractivity contribution in [3.8, 4) is 5.75 Å². The lowest BCUT2D eigenvalue weighted by Crippen LogP contribution is -2.34. The number of hydrogen-bond donors (Lipinski definition) is 2. The van der Waals surface area contributed by atoms with Crippen molar-refractivity contribution < 1.29 is 18.7 Å². The van der Waals surface area contributed by atoms with Gasteiger partial charge in [0.05, 0.1) is 7.11 Å². The fourth-order valence-electron chi connectivity index (χ4n) is 2.88. The van der Waals surface area contributed by atoms with E-state index in [1.165, 1.54) is 24.3 Å². The first kappa shape index (κ1) is 17.7. The zero-order valence-electron chi connectivity index (χ0n) is 14.4. The SMILES string of the molecule is COc1ccc(N2C[C@@H](CNC(=O)Nc3ccc(F)cc3)CC2=O)cc1. The van der Waals surface area contributed by atoms with Crippen LogP contribution in [0, 0.1) is 11.7 Å². The number of benzene rings is 2. The molecule has 3 amide bonds. The molecule has 1 saturated heterocycles. The minimum absolute atomic E-state index is 0.0286. The maximum absolute atomic E-state index is 12.9. The van der Waals surface area contributed by atoms with Gasteiger partial charge in [0.2, 0.25) is 5.91 Å². The molecule has 0 aromatic heterocycles. The molecule has 1 fully saturated rings. The van der Waals surface area contributed by atoms with Crippen molar-refractivity contribution >= 4 is 23.3 Å². The second-order valence-electron chi connectivity index (χ2n) is 6.11. The number of rotatable bonds is 5. The average molecular weight is 357 g/mol. The number of carbonyl (C=O) groups is 2. The number of ether oxygens (including phenoxy) is 1. The van der Waals surface area contributed by atoms with Gasteiger partial charge in [0.25, 0.3) is 0 Å². The average Bonchev–Trinajstić information content (AvgIpc) is 3.03. The van der Waals surface area contributed by atoms with Gasteiger partial charge in [-0.1, -0.05) is 0 Å². The van der Waals surface area contributed by atoms with E-state index in [-0.39, 0.29) is 23.7 Å². The van der Waals surface area contributed by atoms with Gasteiger partial charge in [0.15, 0.2) is 0 Å². The van der Waals surface area contributed by atoms with Gasteiger partial charge in [-0.05, 0) is 48.5 Å². The Morgan fingerprint density at radius 1 is 1.19 bits per heavy atom. The predicted molar refractivity (Wildman–Crippen MR) is 96.9 cm³/mol. The van der Waals surface area contributed by atoms with Gasteiger partial charge in [-0.3, -0.25) is 4.79 Å². The van der Waals surface area contributed by atoms with Crippen LogP contribution >= 0.6 is 0 Å². The maximum Gasteiger partial charge on any atom is 0.319 e. The highest BCUT2D eigenvalue weighted by molar-refractivity contribution is 5.96. The van der Waals surface area contributed by atoms with Crippen molar-refractivity contribution in [3.63, 3.8) is 0 Å². The third-order valence-corrected chi connectivity index (χ3v) is 4.24. The monoisotopic (exact) mass is 357 g/mol. The number of carbonyl (C=O) groups excluding carboxylic acids is 2. The zero-order chi connectivity index (χ0) is 18.5. The molecule has 1 aliphatic rings. The fourth-order valence-corrected chi connectivity index (χ4v) is 2.88. The number of amides is 3. The van der Waals surface area contributed by atoms with Crippen LogP contribution in [0.15, 0.2) is 48.5 Å². The summed E-state index contributed by atoms with van der Waals surface area (Å²) in [6.45, 7) is 0.924. The van der Waals surface area contributed by atoms with E-state index < -0.39 is 0 Å². The van der Waals surface area contributed by atoms with E-state index in [9.17, 15) is 14.0 Å². The zero-order valence-corrected chi connectivity index (χ0v) is 14.4. The van der Waals surface area contributed by atoms with Crippen molar-refractivity contribution in [1.29, 1.82) is 0 Å². The molecule has 1 aliphatic heterocycles. The summed E-state index contributed by atoms with van der Waals surface area (Å²) in [5, 5.41) is 5.39. The second-order valence-corrected chi connectivity index (χ2v) is 6.11. The molecule has 1 atom stereocenters. The van der Waals surface area contributed by atoms with Gasteiger partial charge in [-0.15, -0.1) is 0 Å². The largest absolute Gasteiger partial charge is 0.497 e. The minimum atomic E-state index is -0.382. The molecule has 136 valence electrons. The van der Waals surface area contributed by atoms with E-state index in [1.54, 1.807) is 12.0 Å². The lowest BCUT2D eigenvalue weighted by Gasteiger charge is -2.17. The van der Waals surface area contributed by atoms with Crippen LogP contribution in [0.25, 0.3) is 0 Å². The van der Waals surface area contributed by atoms with Crippen LogP contribution in [0.1, 0.15) is 6.42 Å². The van der Waals surface area contributed by atoms with E-state index in [2.05, 4.69) is 10.6 Å². The van der Waals surface area contributed by atoms with Gasteiger partial charge in [-0.2, -0.15) is 0 Å². The first-order valence-electron chi connectivity index (χ1n) is 8.30. The Kier molecular flexibility index (Phi) is 5.36. The first-order chi connectivity index (χ1) is 12.5. The molecule has 6 nitrogen and oxygen atoms in total. The number of anilines is 2. The van der Waals surface area contributed by atoms with Gasteiger partial charge in [0.1, 0.15) is 11.6 Å². The van der Waals surface area contributed by atoms with Gasteiger partial charge >= 0.3 is 6.03 Å². The molecule has 2 aromatic rings. The highest BCUT2D eigenvalue weighted by Crippen LogP contribution is 2.26. The molecular formula is C19H20FN3O3. The Bertz CT molecular complexity index is 778. The number of nitrogens with one attached hydrogen (secondary N) is 2. The molecule has 2 N–H and O–H groups in total. The number of methoxy groups -OCH3 is 1. The molecule has 0 bridgehead atoms. The first-order valence-corrected chi connectivity index (χ1v) is 8.30. The third-order valence-electron chi connectivity index (χ3n) is 4.24. The van der Waals surface area contributed by atoms with Crippen molar-refractivity contribution in [1.82, 2.24) is 5.32 Å². The van der Waals surface area contributed by atoms with Crippen LogP contribution in [0.2, 0.25) is 0 Å². The smallest absolute Gasteiger partial charge is 0.319 e. The number of hydrogen-bond acceptors (Lipinski definition) is 3. The summed E-state index contributed by atoms with van der Waals surface area (Å²) in [5.74, 6) is 0.430.